The Bertz CT molecular complexity index is 344. The lowest BCUT2D eigenvalue weighted by atomic mass is 9.78. The summed E-state index contributed by atoms with van der Waals surface area (Å²) in [6.07, 6.45) is 4.36. The van der Waals surface area contributed by atoms with Crippen LogP contribution in [0.1, 0.15) is 24.8 Å². The summed E-state index contributed by atoms with van der Waals surface area (Å²) < 4.78 is 0. The molecule has 0 radical (unpaired) electrons. The van der Waals surface area contributed by atoms with Gasteiger partial charge < -0.3 is 10.2 Å². The van der Waals surface area contributed by atoms with Gasteiger partial charge in [0.15, 0.2) is 0 Å². The topological polar surface area (TPSA) is 21.1 Å². The van der Waals surface area contributed by atoms with Crippen molar-refractivity contribution in [2.75, 3.05) is 26.2 Å². The van der Waals surface area contributed by atoms with E-state index in [1.165, 1.54) is 57.5 Å². The highest BCUT2D eigenvalue weighted by molar-refractivity contribution is 5.13. The predicted octanol–water partition coefficient (Wildman–Crippen LogP) is -0.181. The summed E-state index contributed by atoms with van der Waals surface area (Å²) in [5, 5.41) is 2.52. The number of benzene rings is 1. The highest BCUT2D eigenvalue weighted by Crippen LogP contribution is 2.31. The molecule has 0 amide bonds. The highest BCUT2D eigenvalue weighted by atomic mass is 15.1. The van der Waals surface area contributed by atoms with Crippen LogP contribution < -0.4 is 10.2 Å². The third-order valence-corrected chi connectivity index (χ3v) is 4.77. The van der Waals surface area contributed by atoms with Gasteiger partial charge in [-0.15, -0.1) is 0 Å². The molecule has 0 saturated carbocycles. The minimum Gasteiger partial charge on any atom is -0.346 e. The second-order valence-corrected chi connectivity index (χ2v) is 5.94. The first-order valence-corrected chi connectivity index (χ1v) is 7.06. The van der Waals surface area contributed by atoms with Gasteiger partial charge in [0, 0.05) is 30.2 Å². The highest BCUT2D eigenvalue weighted by Gasteiger charge is 2.41. The van der Waals surface area contributed by atoms with E-state index in [1.54, 1.807) is 4.90 Å². The van der Waals surface area contributed by atoms with Gasteiger partial charge in [-0.3, -0.25) is 0 Å². The Balaban J connectivity index is 1.55. The number of hydrogen-bond acceptors (Lipinski definition) is 0. The van der Waals surface area contributed by atoms with Gasteiger partial charge in [-0.05, 0) is 0 Å². The zero-order valence-electron chi connectivity index (χ0n) is 10.6. The fourth-order valence-corrected chi connectivity index (χ4v) is 3.57. The van der Waals surface area contributed by atoms with Crippen molar-refractivity contribution in [3.8, 4) is 0 Å². The van der Waals surface area contributed by atoms with Crippen molar-refractivity contribution >= 4 is 0 Å². The number of nitrogens with two attached hydrogens (primary N) is 1. The maximum Gasteiger partial charge on any atom is 0.103 e. The van der Waals surface area contributed by atoms with Crippen LogP contribution in [0.5, 0.6) is 0 Å². The molecule has 0 bridgehead atoms. The lowest BCUT2D eigenvalue weighted by Crippen LogP contribution is -3.12. The minimum atomic E-state index is 0.722. The molecular weight excluding hydrogens is 208 g/mol. The third-order valence-electron chi connectivity index (χ3n) is 4.77. The molecular formula is C15H24N2+2. The van der Waals surface area contributed by atoms with Gasteiger partial charge in [0.1, 0.15) is 6.54 Å². The molecule has 2 aliphatic heterocycles. The average molecular weight is 232 g/mol. The summed E-state index contributed by atoms with van der Waals surface area (Å²) in [6.45, 7) is 6.74. The summed E-state index contributed by atoms with van der Waals surface area (Å²) in [4.78, 5) is 1.79. The fraction of sp³-hybridized carbons (Fsp3) is 0.600. The van der Waals surface area contributed by atoms with Crippen LogP contribution in [0.3, 0.4) is 0 Å². The second-order valence-electron chi connectivity index (χ2n) is 5.94. The van der Waals surface area contributed by atoms with E-state index < -0.39 is 0 Å². The van der Waals surface area contributed by atoms with Crippen LogP contribution in [0.25, 0.3) is 0 Å². The lowest BCUT2D eigenvalue weighted by molar-refractivity contribution is -0.921. The molecule has 0 unspecified atom stereocenters. The second kappa shape index (κ2) is 4.79. The fourth-order valence-electron chi connectivity index (χ4n) is 3.57. The Morgan fingerprint density at radius 3 is 2.47 bits per heavy atom. The van der Waals surface area contributed by atoms with Crippen molar-refractivity contribution in [2.24, 2.45) is 5.41 Å². The smallest absolute Gasteiger partial charge is 0.103 e. The van der Waals surface area contributed by atoms with Crippen LogP contribution in [-0.4, -0.2) is 26.2 Å². The Hall–Kier alpha value is -0.860. The Morgan fingerprint density at radius 1 is 1.06 bits per heavy atom. The third kappa shape index (κ3) is 2.53. The minimum absolute atomic E-state index is 0.722. The molecule has 17 heavy (non-hydrogen) atoms. The Labute approximate surface area is 104 Å². The molecule has 2 aliphatic rings. The van der Waals surface area contributed by atoms with E-state index in [1.807, 2.05) is 0 Å². The van der Waals surface area contributed by atoms with E-state index in [0.29, 0.717) is 0 Å². The molecule has 92 valence electrons. The van der Waals surface area contributed by atoms with Gasteiger partial charge in [0.2, 0.25) is 0 Å². The molecule has 2 heteroatoms. The summed E-state index contributed by atoms with van der Waals surface area (Å²) in [5.74, 6) is 0. The van der Waals surface area contributed by atoms with Crippen molar-refractivity contribution in [2.45, 2.75) is 25.8 Å². The van der Waals surface area contributed by atoms with Crippen molar-refractivity contribution in [1.29, 1.82) is 0 Å². The Morgan fingerprint density at radius 2 is 1.82 bits per heavy atom. The zero-order chi connectivity index (χ0) is 11.6. The van der Waals surface area contributed by atoms with Gasteiger partial charge in [-0.25, -0.2) is 0 Å². The van der Waals surface area contributed by atoms with Gasteiger partial charge in [-0.2, -0.15) is 0 Å². The van der Waals surface area contributed by atoms with Crippen LogP contribution >= 0.6 is 0 Å². The molecule has 2 nitrogen and oxygen atoms in total. The summed E-state index contributed by atoms with van der Waals surface area (Å²) in [5.41, 5.74) is 2.22. The molecule has 1 aromatic rings. The molecule has 0 aromatic heterocycles. The van der Waals surface area contributed by atoms with Crippen molar-refractivity contribution in [3.05, 3.63) is 35.9 Å². The van der Waals surface area contributed by atoms with Crippen molar-refractivity contribution < 1.29 is 10.2 Å². The first-order valence-electron chi connectivity index (χ1n) is 7.06. The SMILES string of the molecule is c1ccc(C[NH+]2CCC3(CC[NH2+]C3)CC2)cc1. The van der Waals surface area contributed by atoms with Gasteiger partial charge in [0.05, 0.1) is 26.2 Å². The van der Waals surface area contributed by atoms with Gasteiger partial charge in [-0.1, -0.05) is 30.3 Å². The van der Waals surface area contributed by atoms with Crippen LogP contribution in [0.15, 0.2) is 30.3 Å². The van der Waals surface area contributed by atoms with E-state index in [9.17, 15) is 0 Å². The monoisotopic (exact) mass is 232 g/mol. The maximum absolute atomic E-state index is 2.52. The summed E-state index contributed by atoms with van der Waals surface area (Å²) in [7, 11) is 0. The Kier molecular flexibility index (Phi) is 3.17. The molecule has 3 rings (SSSR count). The molecule has 1 spiro atoms. The average Bonchev–Trinajstić information content (AvgIpc) is 2.83. The van der Waals surface area contributed by atoms with Crippen LogP contribution in [0, 0.1) is 5.41 Å². The van der Waals surface area contributed by atoms with Gasteiger partial charge >= 0.3 is 0 Å². The number of piperidine rings is 1. The number of rotatable bonds is 2. The van der Waals surface area contributed by atoms with E-state index in [4.69, 9.17) is 0 Å². The molecule has 2 heterocycles. The summed E-state index contributed by atoms with van der Waals surface area (Å²) >= 11 is 0. The molecule has 1 aromatic carbocycles. The van der Waals surface area contributed by atoms with Gasteiger partial charge in [0.25, 0.3) is 0 Å². The zero-order valence-corrected chi connectivity index (χ0v) is 10.6. The van der Waals surface area contributed by atoms with Crippen LogP contribution in [-0.2, 0) is 6.54 Å². The standard InChI is InChI=1S/C15H22N2/c1-2-4-14(5-3-1)12-17-10-7-15(8-11-17)6-9-16-13-15/h1-5,16H,6-13H2/p+2. The quantitative estimate of drug-likeness (QED) is 0.706. The van der Waals surface area contributed by atoms with E-state index in [2.05, 4.69) is 35.6 Å². The predicted molar refractivity (Wildman–Crippen MR) is 68.8 cm³/mol. The molecule has 0 aliphatic carbocycles. The van der Waals surface area contributed by atoms with Crippen molar-refractivity contribution in [3.63, 3.8) is 0 Å². The lowest BCUT2D eigenvalue weighted by Gasteiger charge is -2.34. The normalized spacial score (nSPS) is 33.1. The number of quaternary nitrogens is 2. The number of nitrogens with one attached hydrogen (secondary N) is 1. The molecule has 0 atom stereocenters. The van der Waals surface area contributed by atoms with E-state index in [-0.39, 0.29) is 0 Å². The molecule has 2 saturated heterocycles. The van der Waals surface area contributed by atoms with E-state index in [0.717, 1.165) is 5.41 Å². The first-order chi connectivity index (χ1) is 8.36. The largest absolute Gasteiger partial charge is 0.346 e. The molecule has 3 N–H and O–H groups in total. The maximum atomic E-state index is 2.52. The van der Waals surface area contributed by atoms with Crippen LogP contribution in [0.4, 0.5) is 0 Å². The number of likely N-dealkylation sites (tertiary alicyclic amines) is 1. The van der Waals surface area contributed by atoms with E-state index >= 15 is 0 Å². The van der Waals surface area contributed by atoms with Crippen LogP contribution in [0.2, 0.25) is 0 Å². The van der Waals surface area contributed by atoms with Crippen molar-refractivity contribution in [1.82, 2.24) is 0 Å². The first kappa shape index (κ1) is 11.2. The number of hydrogen-bond donors (Lipinski definition) is 2. The summed E-state index contributed by atoms with van der Waals surface area (Å²) in [6, 6.07) is 11.0. The molecule has 2 fully saturated rings.